The van der Waals surface area contributed by atoms with E-state index in [0.717, 1.165) is 16.5 Å². The number of H-pyrrole nitrogens is 1. The van der Waals surface area contributed by atoms with Crippen LogP contribution >= 0.6 is 23.4 Å². The second-order valence-electron chi connectivity index (χ2n) is 6.83. The lowest BCUT2D eigenvalue weighted by molar-refractivity contribution is 0.626. The van der Waals surface area contributed by atoms with Crippen LogP contribution in [-0.2, 0) is 5.75 Å². The van der Waals surface area contributed by atoms with Gasteiger partial charge in [0, 0.05) is 21.7 Å². The number of para-hydroxylation sites is 1. The summed E-state index contributed by atoms with van der Waals surface area (Å²) < 4.78 is 15.1. The topological polar surface area (TPSA) is 50.7 Å². The molecule has 0 aliphatic carbocycles. The Morgan fingerprint density at radius 2 is 1.87 bits per heavy atom. The summed E-state index contributed by atoms with van der Waals surface area (Å²) >= 11 is 7.56. The van der Waals surface area contributed by atoms with Gasteiger partial charge in [-0.2, -0.15) is 0 Å². The smallest absolute Gasteiger partial charge is 0.283 e. The molecular formula is C23H15ClFN3OS. The van der Waals surface area contributed by atoms with Crippen molar-refractivity contribution in [1.29, 1.82) is 0 Å². The van der Waals surface area contributed by atoms with Gasteiger partial charge in [0.1, 0.15) is 16.9 Å². The summed E-state index contributed by atoms with van der Waals surface area (Å²) in [4.78, 5) is 21.5. The summed E-state index contributed by atoms with van der Waals surface area (Å²) in [6.45, 7) is 0. The highest BCUT2D eigenvalue weighted by atomic mass is 35.5. The average molecular weight is 436 g/mol. The van der Waals surface area contributed by atoms with Gasteiger partial charge in [-0.05, 0) is 42.0 Å². The van der Waals surface area contributed by atoms with Crippen molar-refractivity contribution in [3.8, 4) is 5.69 Å². The SMILES string of the molecule is O=c1c2[nH]c3ccccc3c2nc(SCc2cccc(F)c2)n1-c1cccc(Cl)c1. The van der Waals surface area contributed by atoms with E-state index in [1.165, 1.54) is 23.9 Å². The van der Waals surface area contributed by atoms with Crippen molar-refractivity contribution in [3.63, 3.8) is 0 Å². The Bertz CT molecular complexity index is 1460. The van der Waals surface area contributed by atoms with Gasteiger partial charge in [-0.25, -0.2) is 9.37 Å². The van der Waals surface area contributed by atoms with E-state index in [4.69, 9.17) is 16.6 Å². The molecule has 0 saturated carbocycles. The number of thioether (sulfide) groups is 1. The maximum Gasteiger partial charge on any atom is 0.283 e. The van der Waals surface area contributed by atoms with Gasteiger partial charge in [0.15, 0.2) is 5.16 Å². The van der Waals surface area contributed by atoms with Crippen LogP contribution in [0.15, 0.2) is 82.7 Å². The molecule has 0 spiro atoms. The van der Waals surface area contributed by atoms with E-state index in [-0.39, 0.29) is 11.4 Å². The fraction of sp³-hybridized carbons (Fsp3) is 0.0435. The van der Waals surface area contributed by atoms with Crippen molar-refractivity contribution in [2.45, 2.75) is 10.9 Å². The third-order valence-electron chi connectivity index (χ3n) is 4.82. The molecule has 4 nitrogen and oxygen atoms in total. The normalized spacial score (nSPS) is 11.4. The molecule has 0 atom stereocenters. The summed E-state index contributed by atoms with van der Waals surface area (Å²) in [5.41, 5.74) is 3.14. The largest absolute Gasteiger partial charge is 0.349 e. The lowest BCUT2D eigenvalue weighted by Crippen LogP contribution is -2.21. The van der Waals surface area contributed by atoms with Gasteiger partial charge >= 0.3 is 0 Å². The Balaban J connectivity index is 1.72. The van der Waals surface area contributed by atoms with Crippen LogP contribution in [0.3, 0.4) is 0 Å². The molecular weight excluding hydrogens is 421 g/mol. The molecule has 7 heteroatoms. The lowest BCUT2D eigenvalue weighted by atomic mass is 10.2. The van der Waals surface area contributed by atoms with Crippen LogP contribution in [0.5, 0.6) is 0 Å². The zero-order chi connectivity index (χ0) is 20.7. The minimum atomic E-state index is -0.291. The van der Waals surface area contributed by atoms with E-state index < -0.39 is 0 Å². The Hall–Kier alpha value is -3.09. The number of nitrogens with zero attached hydrogens (tertiary/aromatic N) is 2. The standard InChI is InChI=1S/C23H15ClFN3OS/c24-15-6-4-8-17(12-15)28-22(29)21-20(18-9-1-2-10-19(18)26-21)27-23(28)30-13-14-5-3-7-16(25)11-14/h1-12,26H,13H2. The molecule has 0 amide bonds. The van der Waals surface area contributed by atoms with E-state index in [1.54, 1.807) is 28.8 Å². The van der Waals surface area contributed by atoms with E-state index >= 15 is 0 Å². The molecule has 0 aliphatic heterocycles. The molecule has 3 aromatic carbocycles. The minimum absolute atomic E-state index is 0.208. The van der Waals surface area contributed by atoms with E-state index in [2.05, 4.69) is 4.98 Å². The second kappa shape index (κ2) is 7.63. The maximum absolute atomic E-state index is 13.6. The van der Waals surface area contributed by atoms with Crippen molar-refractivity contribution >= 4 is 45.3 Å². The molecule has 0 bridgehead atoms. The van der Waals surface area contributed by atoms with Crippen LogP contribution in [0.4, 0.5) is 4.39 Å². The van der Waals surface area contributed by atoms with Gasteiger partial charge in [-0.3, -0.25) is 9.36 Å². The van der Waals surface area contributed by atoms with Crippen molar-refractivity contribution < 1.29 is 4.39 Å². The Labute approximate surface area is 180 Å². The first-order chi connectivity index (χ1) is 14.6. The Morgan fingerprint density at radius 1 is 1.03 bits per heavy atom. The van der Waals surface area contributed by atoms with Gasteiger partial charge < -0.3 is 4.98 Å². The van der Waals surface area contributed by atoms with Gasteiger partial charge in [-0.1, -0.05) is 59.8 Å². The molecule has 30 heavy (non-hydrogen) atoms. The molecule has 5 aromatic rings. The number of fused-ring (bicyclic) bond motifs is 3. The highest BCUT2D eigenvalue weighted by molar-refractivity contribution is 7.98. The summed E-state index contributed by atoms with van der Waals surface area (Å²) in [5, 5.41) is 1.93. The van der Waals surface area contributed by atoms with Gasteiger partial charge in [-0.15, -0.1) is 0 Å². The number of halogens is 2. The molecule has 0 fully saturated rings. The number of aromatic nitrogens is 3. The van der Waals surface area contributed by atoms with Crippen LogP contribution < -0.4 is 5.56 Å². The fourth-order valence-electron chi connectivity index (χ4n) is 3.46. The Morgan fingerprint density at radius 3 is 2.70 bits per heavy atom. The van der Waals surface area contributed by atoms with Crippen LogP contribution in [0, 0.1) is 5.82 Å². The highest BCUT2D eigenvalue weighted by Crippen LogP contribution is 2.28. The Kier molecular flexibility index (Phi) is 4.81. The summed E-state index contributed by atoms with van der Waals surface area (Å²) in [6, 6.07) is 21.2. The van der Waals surface area contributed by atoms with Crippen molar-refractivity contribution in [2.24, 2.45) is 0 Å². The van der Waals surface area contributed by atoms with Crippen molar-refractivity contribution in [1.82, 2.24) is 14.5 Å². The summed E-state index contributed by atoms with van der Waals surface area (Å²) in [6.07, 6.45) is 0. The first kappa shape index (κ1) is 18.9. The van der Waals surface area contributed by atoms with E-state index in [0.29, 0.717) is 32.7 Å². The predicted molar refractivity (Wildman–Crippen MR) is 120 cm³/mol. The van der Waals surface area contributed by atoms with Crippen LogP contribution in [0.25, 0.3) is 27.6 Å². The van der Waals surface area contributed by atoms with Crippen LogP contribution in [-0.4, -0.2) is 14.5 Å². The first-order valence-electron chi connectivity index (χ1n) is 9.27. The van der Waals surface area contributed by atoms with Crippen molar-refractivity contribution in [3.05, 3.63) is 99.6 Å². The molecule has 148 valence electrons. The molecule has 2 heterocycles. The lowest BCUT2D eigenvalue weighted by Gasteiger charge is -2.12. The second-order valence-corrected chi connectivity index (χ2v) is 8.21. The number of hydrogen-bond donors (Lipinski definition) is 1. The molecule has 2 aromatic heterocycles. The number of nitrogens with one attached hydrogen (secondary N) is 1. The van der Waals surface area contributed by atoms with Crippen LogP contribution in [0.2, 0.25) is 5.02 Å². The summed E-state index contributed by atoms with van der Waals surface area (Å²) in [7, 11) is 0. The third kappa shape index (κ3) is 3.38. The molecule has 5 rings (SSSR count). The number of hydrogen-bond acceptors (Lipinski definition) is 3. The molecule has 0 unspecified atom stereocenters. The number of benzene rings is 3. The molecule has 0 saturated heterocycles. The maximum atomic E-state index is 13.6. The minimum Gasteiger partial charge on any atom is -0.349 e. The molecule has 0 radical (unpaired) electrons. The molecule has 0 aliphatic rings. The predicted octanol–water partition coefficient (Wildman–Crippen LogP) is 5.95. The summed E-state index contributed by atoms with van der Waals surface area (Å²) in [5.74, 6) is 0.180. The first-order valence-corrected chi connectivity index (χ1v) is 10.6. The monoisotopic (exact) mass is 435 g/mol. The fourth-order valence-corrected chi connectivity index (χ4v) is 4.59. The quantitative estimate of drug-likeness (QED) is 0.280. The van der Waals surface area contributed by atoms with E-state index in [1.807, 2.05) is 36.4 Å². The van der Waals surface area contributed by atoms with Gasteiger partial charge in [0.25, 0.3) is 5.56 Å². The zero-order valence-corrected chi connectivity index (χ0v) is 17.2. The highest BCUT2D eigenvalue weighted by Gasteiger charge is 2.17. The van der Waals surface area contributed by atoms with Gasteiger partial charge in [0.05, 0.1) is 5.69 Å². The third-order valence-corrected chi connectivity index (χ3v) is 6.06. The molecule has 1 N–H and O–H groups in total. The van der Waals surface area contributed by atoms with Crippen LogP contribution in [0.1, 0.15) is 5.56 Å². The zero-order valence-electron chi connectivity index (χ0n) is 15.6. The number of aromatic amines is 1. The number of rotatable bonds is 4. The van der Waals surface area contributed by atoms with Crippen molar-refractivity contribution in [2.75, 3.05) is 0 Å². The van der Waals surface area contributed by atoms with Gasteiger partial charge in [0.2, 0.25) is 0 Å². The average Bonchev–Trinajstić information content (AvgIpc) is 3.11. The van der Waals surface area contributed by atoms with E-state index in [9.17, 15) is 9.18 Å².